The van der Waals surface area contributed by atoms with Gasteiger partial charge in [0.25, 0.3) is 11.1 Å². The molecule has 2 bridgehead atoms. The van der Waals surface area contributed by atoms with Crippen molar-refractivity contribution in [1.82, 2.24) is 20.8 Å². The number of ether oxygens (including phenoxy) is 1. The first-order chi connectivity index (χ1) is 11.2. The van der Waals surface area contributed by atoms with Crippen LogP contribution in [0.25, 0.3) is 0 Å². The van der Waals surface area contributed by atoms with Crippen molar-refractivity contribution in [1.29, 1.82) is 0 Å². The number of nitrogens with zero attached hydrogens (tertiary/aromatic N) is 2. The summed E-state index contributed by atoms with van der Waals surface area (Å²) >= 11 is 4.39. The number of hydrogen-bond acceptors (Lipinski definition) is 8. The topological polar surface area (TPSA) is 76.1 Å². The quantitative estimate of drug-likeness (QED) is 0.844. The average molecular weight is 369 g/mol. The molecule has 4 rings (SSSR count). The molecule has 2 saturated heterocycles. The van der Waals surface area contributed by atoms with E-state index in [-0.39, 0.29) is 11.9 Å². The molecule has 2 aromatic heterocycles. The van der Waals surface area contributed by atoms with Gasteiger partial charge in [0.15, 0.2) is 4.34 Å². The van der Waals surface area contributed by atoms with Crippen LogP contribution in [0.2, 0.25) is 0 Å². The highest BCUT2D eigenvalue weighted by atomic mass is 32.2. The summed E-state index contributed by atoms with van der Waals surface area (Å²) < 4.78 is 6.88. The minimum Gasteiger partial charge on any atom is -0.472 e. The van der Waals surface area contributed by atoms with E-state index >= 15 is 0 Å². The van der Waals surface area contributed by atoms with Crippen LogP contribution in [0.1, 0.15) is 28.9 Å². The molecule has 0 aromatic carbocycles. The van der Waals surface area contributed by atoms with Gasteiger partial charge in [-0.1, -0.05) is 5.10 Å². The Bertz CT molecular complexity index is 716. The average Bonchev–Trinajstić information content (AvgIpc) is 3.32. The Kier molecular flexibility index (Phi) is 4.27. The Morgan fingerprint density at radius 1 is 1.39 bits per heavy atom. The molecule has 0 saturated carbocycles. The van der Waals surface area contributed by atoms with E-state index in [1.807, 2.05) is 12.1 Å². The lowest BCUT2D eigenvalue weighted by molar-refractivity contribution is 0.0935. The highest BCUT2D eigenvalue weighted by Gasteiger charge is 2.39. The van der Waals surface area contributed by atoms with E-state index in [4.69, 9.17) is 4.74 Å². The van der Waals surface area contributed by atoms with Crippen LogP contribution in [-0.4, -0.2) is 41.3 Å². The van der Waals surface area contributed by atoms with Crippen LogP contribution in [0, 0.1) is 0 Å². The zero-order chi connectivity index (χ0) is 15.8. The number of thiophene rings is 1. The first-order valence-electron chi connectivity index (χ1n) is 7.43. The van der Waals surface area contributed by atoms with Crippen LogP contribution in [0.4, 0.5) is 0 Å². The molecule has 2 aliphatic rings. The zero-order valence-corrected chi connectivity index (χ0v) is 14.9. The molecule has 0 spiro atoms. The summed E-state index contributed by atoms with van der Waals surface area (Å²) in [5.41, 5.74) is 0. The molecular weight excluding hydrogens is 352 g/mol. The van der Waals surface area contributed by atoms with Gasteiger partial charge in [0.05, 0.1) is 16.2 Å². The van der Waals surface area contributed by atoms with Crippen LogP contribution in [-0.2, 0) is 0 Å². The van der Waals surface area contributed by atoms with Crippen LogP contribution in [0.5, 0.6) is 5.19 Å². The molecule has 9 heteroatoms. The van der Waals surface area contributed by atoms with E-state index in [9.17, 15) is 4.79 Å². The number of aromatic nitrogens is 2. The lowest BCUT2D eigenvalue weighted by atomic mass is 9.95. The van der Waals surface area contributed by atoms with Crippen molar-refractivity contribution in [2.75, 3.05) is 7.11 Å². The van der Waals surface area contributed by atoms with Gasteiger partial charge in [0, 0.05) is 18.1 Å². The third-order valence-corrected chi connectivity index (χ3v) is 7.32. The van der Waals surface area contributed by atoms with Gasteiger partial charge in [-0.3, -0.25) is 4.79 Å². The van der Waals surface area contributed by atoms with Crippen molar-refractivity contribution in [2.24, 2.45) is 0 Å². The molecule has 6 nitrogen and oxygen atoms in total. The number of amides is 1. The van der Waals surface area contributed by atoms with E-state index in [0.717, 1.165) is 19.8 Å². The number of carbonyl (C=O) groups excluding carboxylic acids is 1. The second-order valence-electron chi connectivity index (χ2n) is 5.62. The van der Waals surface area contributed by atoms with E-state index in [1.165, 1.54) is 47.3 Å². The van der Waals surface area contributed by atoms with Crippen molar-refractivity contribution in [3.05, 3.63) is 17.0 Å². The van der Waals surface area contributed by atoms with E-state index < -0.39 is 0 Å². The minimum absolute atomic E-state index is 0.0241. The third kappa shape index (κ3) is 3.23. The van der Waals surface area contributed by atoms with Gasteiger partial charge in [-0.2, -0.15) is 0 Å². The Morgan fingerprint density at radius 2 is 2.30 bits per heavy atom. The summed E-state index contributed by atoms with van der Waals surface area (Å²) in [6.45, 7) is 0. The molecule has 2 aliphatic heterocycles. The van der Waals surface area contributed by atoms with Crippen molar-refractivity contribution in [3.63, 3.8) is 0 Å². The third-order valence-electron chi connectivity index (χ3n) is 4.17. The van der Waals surface area contributed by atoms with E-state index in [1.54, 1.807) is 7.11 Å². The number of carbonyl (C=O) groups is 1. The summed E-state index contributed by atoms with van der Waals surface area (Å²) in [5.74, 6) is 0.0241. The van der Waals surface area contributed by atoms with Crippen molar-refractivity contribution in [3.8, 4) is 5.19 Å². The molecule has 2 N–H and O–H groups in total. The van der Waals surface area contributed by atoms with Gasteiger partial charge in [-0.25, -0.2) is 0 Å². The van der Waals surface area contributed by atoms with Gasteiger partial charge in [-0.15, -0.1) is 16.4 Å². The first kappa shape index (κ1) is 15.4. The molecule has 122 valence electrons. The number of rotatable bonds is 5. The fourth-order valence-corrected chi connectivity index (χ4v) is 6.03. The summed E-state index contributed by atoms with van der Waals surface area (Å²) in [6.07, 6.45) is 3.45. The van der Waals surface area contributed by atoms with Crippen molar-refractivity contribution in [2.45, 2.75) is 45.9 Å². The maximum Gasteiger partial charge on any atom is 0.294 e. The van der Waals surface area contributed by atoms with Crippen LogP contribution in [0.15, 0.2) is 20.7 Å². The predicted molar refractivity (Wildman–Crippen MR) is 90.7 cm³/mol. The second-order valence-corrected chi connectivity index (χ2v) is 9.19. The second kappa shape index (κ2) is 6.39. The summed E-state index contributed by atoms with van der Waals surface area (Å²) in [5, 5.41) is 15.2. The number of fused-ring (bicyclic) bond motifs is 2. The van der Waals surface area contributed by atoms with Gasteiger partial charge in [0.1, 0.15) is 0 Å². The fraction of sp³-hybridized carbons (Fsp3) is 0.500. The number of nitrogens with one attached hydrogen (secondary N) is 2. The lowest BCUT2D eigenvalue weighted by Crippen LogP contribution is -2.42. The Balaban J connectivity index is 1.38. The smallest absolute Gasteiger partial charge is 0.294 e. The Morgan fingerprint density at radius 3 is 3.00 bits per heavy atom. The molecule has 23 heavy (non-hydrogen) atoms. The fourth-order valence-electron chi connectivity index (χ4n) is 3.13. The van der Waals surface area contributed by atoms with Gasteiger partial charge in [-0.05, 0) is 54.5 Å². The Labute approximate surface area is 146 Å². The molecule has 0 unspecified atom stereocenters. The molecular formula is C14H16N4O2S3. The molecule has 0 radical (unpaired) electrons. The van der Waals surface area contributed by atoms with Gasteiger partial charge < -0.3 is 15.4 Å². The summed E-state index contributed by atoms with van der Waals surface area (Å²) in [7, 11) is 1.58. The highest BCUT2D eigenvalue weighted by molar-refractivity contribution is 8.02. The van der Waals surface area contributed by atoms with E-state index in [0.29, 0.717) is 17.3 Å². The largest absolute Gasteiger partial charge is 0.472 e. The molecule has 4 heterocycles. The van der Waals surface area contributed by atoms with E-state index in [2.05, 4.69) is 20.8 Å². The maximum atomic E-state index is 12.4. The monoisotopic (exact) mass is 368 g/mol. The summed E-state index contributed by atoms with van der Waals surface area (Å²) in [4.78, 5) is 13.2. The normalized spacial score (nSPS) is 25.7. The molecule has 2 aromatic rings. The predicted octanol–water partition coefficient (Wildman–Crippen LogP) is 2.38. The first-order valence-corrected chi connectivity index (χ1v) is 9.88. The van der Waals surface area contributed by atoms with Gasteiger partial charge in [0.2, 0.25) is 0 Å². The molecule has 3 atom stereocenters. The number of methoxy groups -OCH3 is 1. The minimum atomic E-state index is 0.0241. The van der Waals surface area contributed by atoms with Crippen LogP contribution in [0.3, 0.4) is 0 Å². The van der Waals surface area contributed by atoms with Crippen molar-refractivity contribution >= 4 is 40.3 Å². The number of hydrogen-bond donors (Lipinski definition) is 2. The van der Waals surface area contributed by atoms with Crippen LogP contribution < -0.4 is 15.4 Å². The SMILES string of the molecule is COc1nnc(Sc2ccc(C(=O)N[C@@H]3C[C@H]4CC[C@@H]3N4)s2)s1. The highest BCUT2D eigenvalue weighted by Crippen LogP contribution is 2.37. The molecule has 0 aliphatic carbocycles. The molecule has 1 amide bonds. The lowest BCUT2D eigenvalue weighted by Gasteiger charge is -2.20. The van der Waals surface area contributed by atoms with Crippen LogP contribution >= 0.6 is 34.4 Å². The Hall–Kier alpha value is -1.16. The zero-order valence-electron chi connectivity index (χ0n) is 12.4. The maximum absolute atomic E-state index is 12.4. The summed E-state index contributed by atoms with van der Waals surface area (Å²) in [6, 6.07) is 5.14. The van der Waals surface area contributed by atoms with Gasteiger partial charge >= 0.3 is 0 Å². The standard InChI is InChI=1S/C14H16N4O2S3/c1-20-13-17-18-14(23-13)22-11-5-4-10(21-11)12(19)16-9-6-7-2-3-8(9)15-7/h4-5,7-9,15H,2-3,6H2,1H3,(H,16,19)/t7-,8+,9-/m1/s1. The molecule has 2 fully saturated rings. The van der Waals surface area contributed by atoms with Crippen molar-refractivity contribution < 1.29 is 9.53 Å².